The number of oxazole rings is 1. The van der Waals surface area contributed by atoms with E-state index in [0.29, 0.717) is 24.3 Å². The largest absolute Gasteiger partial charge is 0.443 e. The highest BCUT2D eigenvalue weighted by molar-refractivity contribution is 7.13. The molecule has 2 aromatic heterocycles. The summed E-state index contributed by atoms with van der Waals surface area (Å²) < 4.78 is 5.42. The van der Waals surface area contributed by atoms with Gasteiger partial charge >= 0.3 is 0 Å². The van der Waals surface area contributed by atoms with Crippen LogP contribution in [0.15, 0.2) is 33.2 Å². The molecular formula is C14H20N4OS. The highest BCUT2D eigenvalue weighted by Gasteiger charge is 2.07. The Labute approximate surface area is 122 Å². The number of nitrogens with one attached hydrogen (secondary N) is 1. The van der Waals surface area contributed by atoms with Crippen LogP contribution in [0.5, 0.6) is 0 Å². The van der Waals surface area contributed by atoms with Crippen LogP contribution in [0.4, 0.5) is 0 Å². The molecule has 0 saturated carbocycles. The Morgan fingerprint density at radius 3 is 3.10 bits per heavy atom. The summed E-state index contributed by atoms with van der Waals surface area (Å²) in [6.45, 7) is 5.62. The molecule has 108 valence electrons. The topological polar surface area (TPSA) is 76.4 Å². The maximum Gasteiger partial charge on any atom is 0.236 e. The third-order valence-corrected chi connectivity index (χ3v) is 3.58. The second kappa shape index (κ2) is 7.09. The molecule has 2 rings (SSSR count). The van der Waals surface area contributed by atoms with E-state index in [1.54, 1.807) is 17.6 Å². The molecule has 0 aliphatic carbocycles. The van der Waals surface area contributed by atoms with Crippen molar-refractivity contribution in [1.82, 2.24) is 10.3 Å². The molecule has 0 aliphatic rings. The van der Waals surface area contributed by atoms with Gasteiger partial charge in [0.25, 0.3) is 0 Å². The molecule has 0 atom stereocenters. The number of thiophene rings is 1. The molecule has 0 aliphatic heterocycles. The molecule has 0 fully saturated rings. The lowest BCUT2D eigenvalue weighted by atomic mass is 10.1. The van der Waals surface area contributed by atoms with Crippen LogP contribution < -0.4 is 11.1 Å². The SMILES string of the molecule is CC(C)CCNC(N)=NCc1coc(-c2cccs2)n1. The van der Waals surface area contributed by atoms with Gasteiger partial charge in [0, 0.05) is 6.54 Å². The van der Waals surface area contributed by atoms with E-state index in [2.05, 4.69) is 29.1 Å². The predicted molar refractivity (Wildman–Crippen MR) is 82.6 cm³/mol. The molecule has 0 amide bonds. The average molecular weight is 292 g/mol. The number of nitrogens with two attached hydrogens (primary N) is 1. The van der Waals surface area contributed by atoms with Crippen LogP contribution in [0.1, 0.15) is 26.0 Å². The predicted octanol–water partition coefficient (Wildman–Crippen LogP) is 2.85. The maximum atomic E-state index is 5.79. The molecule has 0 unspecified atom stereocenters. The van der Waals surface area contributed by atoms with Gasteiger partial charge in [-0.25, -0.2) is 9.98 Å². The minimum atomic E-state index is 0.426. The van der Waals surface area contributed by atoms with E-state index >= 15 is 0 Å². The summed E-state index contributed by atoms with van der Waals surface area (Å²) in [5.74, 6) is 1.74. The molecule has 2 aromatic rings. The summed E-state index contributed by atoms with van der Waals surface area (Å²) in [4.78, 5) is 9.65. The minimum absolute atomic E-state index is 0.426. The lowest BCUT2D eigenvalue weighted by molar-refractivity contribution is 0.573. The molecule has 20 heavy (non-hydrogen) atoms. The summed E-state index contributed by atoms with van der Waals surface area (Å²) in [6.07, 6.45) is 2.70. The monoisotopic (exact) mass is 292 g/mol. The summed E-state index contributed by atoms with van der Waals surface area (Å²) in [6, 6.07) is 3.95. The van der Waals surface area contributed by atoms with Crippen LogP contribution in [0.2, 0.25) is 0 Å². The number of hydrogen-bond donors (Lipinski definition) is 2. The van der Waals surface area contributed by atoms with Crippen molar-refractivity contribution in [3.8, 4) is 10.8 Å². The van der Waals surface area contributed by atoms with E-state index < -0.39 is 0 Å². The Hall–Kier alpha value is -1.82. The van der Waals surface area contributed by atoms with Gasteiger partial charge in [0.05, 0.1) is 11.4 Å². The fourth-order valence-electron chi connectivity index (χ4n) is 1.60. The van der Waals surface area contributed by atoms with Crippen LogP contribution in [-0.2, 0) is 6.54 Å². The van der Waals surface area contributed by atoms with E-state index in [-0.39, 0.29) is 0 Å². The molecule has 0 radical (unpaired) electrons. The van der Waals surface area contributed by atoms with Gasteiger partial charge in [-0.05, 0) is 23.8 Å². The van der Waals surface area contributed by atoms with Gasteiger partial charge in [-0.1, -0.05) is 19.9 Å². The zero-order chi connectivity index (χ0) is 14.4. The summed E-state index contributed by atoms with van der Waals surface area (Å²) in [5.41, 5.74) is 6.57. The van der Waals surface area contributed by atoms with Crippen molar-refractivity contribution in [1.29, 1.82) is 0 Å². The molecule has 0 aromatic carbocycles. The van der Waals surface area contributed by atoms with E-state index in [1.807, 2.05) is 17.5 Å². The lowest BCUT2D eigenvalue weighted by Crippen LogP contribution is -2.32. The van der Waals surface area contributed by atoms with Crippen LogP contribution >= 0.6 is 11.3 Å². The van der Waals surface area contributed by atoms with Crippen molar-refractivity contribution in [2.75, 3.05) is 6.54 Å². The minimum Gasteiger partial charge on any atom is -0.443 e. The summed E-state index contributed by atoms with van der Waals surface area (Å²) in [7, 11) is 0. The fraction of sp³-hybridized carbons (Fsp3) is 0.429. The first-order valence-electron chi connectivity index (χ1n) is 6.67. The van der Waals surface area contributed by atoms with Crippen molar-refractivity contribution in [2.24, 2.45) is 16.6 Å². The number of guanidine groups is 1. The maximum absolute atomic E-state index is 5.79. The number of nitrogens with zero attached hydrogens (tertiary/aromatic N) is 2. The standard InChI is InChI=1S/C14H20N4OS/c1-10(2)5-6-16-14(15)17-8-11-9-19-13(18-11)12-4-3-7-20-12/h3-4,7,9-10H,5-6,8H2,1-2H3,(H3,15,16,17). The Bertz CT molecular complexity index is 545. The van der Waals surface area contributed by atoms with Gasteiger partial charge in [-0.15, -0.1) is 11.3 Å². The Morgan fingerprint density at radius 2 is 2.40 bits per heavy atom. The van der Waals surface area contributed by atoms with Gasteiger partial charge in [0.1, 0.15) is 12.0 Å². The Kier molecular flexibility index (Phi) is 5.17. The molecule has 0 spiro atoms. The highest BCUT2D eigenvalue weighted by atomic mass is 32.1. The highest BCUT2D eigenvalue weighted by Crippen LogP contribution is 2.23. The zero-order valence-corrected chi connectivity index (χ0v) is 12.6. The molecule has 5 nitrogen and oxygen atoms in total. The molecule has 0 bridgehead atoms. The van der Waals surface area contributed by atoms with Crippen LogP contribution in [0, 0.1) is 5.92 Å². The van der Waals surface area contributed by atoms with Crippen molar-refractivity contribution in [3.05, 3.63) is 29.5 Å². The number of aliphatic imine (C=N–C) groups is 1. The average Bonchev–Trinajstić information content (AvgIpc) is 3.06. The Morgan fingerprint density at radius 1 is 1.55 bits per heavy atom. The van der Waals surface area contributed by atoms with Crippen LogP contribution in [0.3, 0.4) is 0 Å². The van der Waals surface area contributed by atoms with E-state index in [9.17, 15) is 0 Å². The number of aromatic nitrogens is 1. The first-order chi connectivity index (χ1) is 9.65. The molecule has 3 N–H and O–H groups in total. The van der Waals surface area contributed by atoms with Gasteiger partial charge < -0.3 is 15.5 Å². The normalized spacial score (nSPS) is 12.1. The molecule has 2 heterocycles. The number of rotatable bonds is 6. The second-order valence-corrected chi connectivity index (χ2v) is 5.88. The van der Waals surface area contributed by atoms with Crippen molar-refractivity contribution in [2.45, 2.75) is 26.8 Å². The summed E-state index contributed by atoms with van der Waals surface area (Å²) in [5, 5.41) is 5.08. The fourth-order valence-corrected chi connectivity index (χ4v) is 2.26. The lowest BCUT2D eigenvalue weighted by Gasteiger charge is -2.06. The van der Waals surface area contributed by atoms with E-state index in [4.69, 9.17) is 10.2 Å². The smallest absolute Gasteiger partial charge is 0.236 e. The van der Waals surface area contributed by atoms with Gasteiger partial charge in [0.15, 0.2) is 5.96 Å². The van der Waals surface area contributed by atoms with Gasteiger partial charge in [-0.2, -0.15) is 0 Å². The molecule has 6 heteroatoms. The quantitative estimate of drug-likeness (QED) is 0.634. The molecular weight excluding hydrogens is 272 g/mol. The van der Waals surface area contributed by atoms with Crippen LogP contribution in [-0.4, -0.2) is 17.5 Å². The van der Waals surface area contributed by atoms with Crippen LogP contribution in [0.25, 0.3) is 10.8 Å². The van der Waals surface area contributed by atoms with Crippen molar-refractivity contribution >= 4 is 17.3 Å². The first-order valence-corrected chi connectivity index (χ1v) is 7.55. The third-order valence-electron chi connectivity index (χ3n) is 2.72. The third kappa shape index (κ3) is 4.38. The second-order valence-electron chi connectivity index (χ2n) is 4.93. The number of hydrogen-bond acceptors (Lipinski definition) is 4. The molecule has 0 saturated heterocycles. The zero-order valence-electron chi connectivity index (χ0n) is 11.8. The van der Waals surface area contributed by atoms with Gasteiger partial charge in [0.2, 0.25) is 5.89 Å². The summed E-state index contributed by atoms with van der Waals surface area (Å²) >= 11 is 1.60. The van der Waals surface area contributed by atoms with E-state index in [0.717, 1.165) is 23.5 Å². The van der Waals surface area contributed by atoms with Gasteiger partial charge in [-0.3, -0.25) is 0 Å². The van der Waals surface area contributed by atoms with Crippen molar-refractivity contribution < 1.29 is 4.42 Å². The first kappa shape index (κ1) is 14.6. The Balaban J connectivity index is 1.84. The van der Waals surface area contributed by atoms with E-state index in [1.165, 1.54) is 0 Å². The van der Waals surface area contributed by atoms with Crippen molar-refractivity contribution in [3.63, 3.8) is 0 Å².